The van der Waals surface area contributed by atoms with Gasteiger partial charge in [0.2, 0.25) is 0 Å². The molecule has 0 radical (unpaired) electrons. The highest BCUT2D eigenvalue weighted by Crippen LogP contribution is 2.22. The molecule has 0 bridgehead atoms. The van der Waals surface area contributed by atoms with Crippen molar-refractivity contribution in [2.45, 2.75) is 26.8 Å². The topological polar surface area (TPSA) is 16.1 Å². The zero-order valence-corrected chi connectivity index (χ0v) is 11.1. The number of hydrogen-bond acceptors (Lipinski definition) is 2. The monoisotopic (exact) mass is 268 g/mol. The van der Waals surface area contributed by atoms with E-state index < -0.39 is 0 Å². The van der Waals surface area contributed by atoms with Crippen molar-refractivity contribution in [3.8, 4) is 0 Å². The largest absolute Gasteiger partial charge is 0.350 e. The summed E-state index contributed by atoms with van der Waals surface area (Å²) in [6.45, 7) is 11.0. The summed E-state index contributed by atoms with van der Waals surface area (Å²) in [5, 5.41) is 0. The molecule has 0 atom stereocenters. The zero-order valence-electron chi connectivity index (χ0n) is 9.50. The van der Waals surface area contributed by atoms with Crippen LogP contribution in [0, 0.1) is 6.92 Å². The highest BCUT2D eigenvalue weighted by molar-refractivity contribution is 9.10. The normalized spacial score (nSPS) is 10.5. The van der Waals surface area contributed by atoms with E-state index in [1.54, 1.807) is 0 Å². The van der Waals surface area contributed by atoms with Crippen LogP contribution < -0.4 is 4.90 Å². The number of aryl methyl sites for hydroxylation is 1. The summed E-state index contributed by atoms with van der Waals surface area (Å²) in [7, 11) is 0. The lowest BCUT2D eigenvalue weighted by atomic mass is 10.2. The first-order valence-electron chi connectivity index (χ1n) is 5.06. The minimum absolute atomic E-state index is 0.426. The molecule has 0 N–H and O–H groups in total. The lowest BCUT2D eigenvalue weighted by Gasteiger charge is -2.27. The lowest BCUT2D eigenvalue weighted by molar-refractivity contribution is 0.709. The van der Waals surface area contributed by atoms with Crippen LogP contribution in [0.4, 0.5) is 5.82 Å². The minimum atomic E-state index is 0.426. The molecular formula is C12H17BrN2. The SMILES string of the molecule is C=CCN(c1ncc(Br)cc1C)C(C)C. The smallest absolute Gasteiger partial charge is 0.132 e. The van der Waals surface area contributed by atoms with E-state index in [0.29, 0.717) is 6.04 Å². The van der Waals surface area contributed by atoms with Gasteiger partial charge < -0.3 is 4.90 Å². The highest BCUT2D eigenvalue weighted by Gasteiger charge is 2.12. The molecule has 0 fully saturated rings. The van der Waals surface area contributed by atoms with Gasteiger partial charge in [-0.1, -0.05) is 6.08 Å². The highest BCUT2D eigenvalue weighted by atomic mass is 79.9. The van der Waals surface area contributed by atoms with Crippen LogP contribution in [-0.2, 0) is 0 Å². The van der Waals surface area contributed by atoms with Gasteiger partial charge in [-0.05, 0) is 48.3 Å². The van der Waals surface area contributed by atoms with E-state index in [4.69, 9.17) is 0 Å². The Morgan fingerprint density at radius 2 is 2.27 bits per heavy atom. The van der Waals surface area contributed by atoms with Crippen molar-refractivity contribution < 1.29 is 0 Å². The Morgan fingerprint density at radius 3 is 2.73 bits per heavy atom. The van der Waals surface area contributed by atoms with E-state index in [1.165, 1.54) is 5.56 Å². The molecule has 0 aromatic carbocycles. The van der Waals surface area contributed by atoms with E-state index in [9.17, 15) is 0 Å². The molecule has 1 rings (SSSR count). The summed E-state index contributed by atoms with van der Waals surface area (Å²) in [4.78, 5) is 6.68. The molecule has 0 saturated carbocycles. The zero-order chi connectivity index (χ0) is 11.4. The van der Waals surface area contributed by atoms with Gasteiger partial charge in [-0.25, -0.2) is 4.98 Å². The third-order valence-corrected chi connectivity index (χ3v) is 2.67. The Bertz CT molecular complexity index is 347. The lowest BCUT2D eigenvalue weighted by Crippen LogP contribution is -2.32. The van der Waals surface area contributed by atoms with Crippen LogP contribution in [0.25, 0.3) is 0 Å². The summed E-state index contributed by atoms with van der Waals surface area (Å²) in [5.74, 6) is 1.04. The van der Waals surface area contributed by atoms with Crippen LogP contribution in [-0.4, -0.2) is 17.6 Å². The Kier molecular flexibility index (Phi) is 4.33. The Labute approximate surface area is 100 Å². The van der Waals surface area contributed by atoms with Gasteiger partial charge in [0, 0.05) is 23.3 Å². The maximum atomic E-state index is 4.45. The second kappa shape index (κ2) is 5.31. The standard InChI is InChI=1S/C12H17BrN2/c1-5-6-15(9(2)3)12-10(4)7-11(13)8-14-12/h5,7-9H,1,6H2,2-4H3. The Morgan fingerprint density at radius 1 is 1.60 bits per heavy atom. The van der Waals surface area contributed by atoms with Gasteiger partial charge in [0.15, 0.2) is 0 Å². The summed E-state index contributed by atoms with van der Waals surface area (Å²) in [6, 6.07) is 2.51. The number of pyridine rings is 1. The van der Waals surface area contributed by atoms with Crippen molar-refractivity contribution in [2.24, 2.45) is 0 Å². The molecule has 1 aromatic rings. The van der Waals surface area contributed by atoms with E-state index >= 15 is 0 Å². The Hall–Kier alpha value is -0.830. The molecule has 15 heavy (non-hydrogen) atoms. The van der Waals surface area contributed by atoms with E-state index in [0.717, 1.165) is 16.8 Å². The summed E-state index contributed by atoms with van der Waals surface area (Å²) in [5.41, 5.74) is 1.18. The maximum absolute atomic E-state index is 4.45. The first-order valence-corrected chi connectivity index (χ1v) is 5.85. The average molecular weight is 269 g/mol. The van der Waals surface area contributed by atoms with Crippen molar-refractivity contribution in [3.63, 3.8) is 0 Å². The predicted molar refractivity (Wildman–Crippen MR) is 69.4 cm³/mol. The first kappa shape index (κ1) is 12.2. The molecule has 0 aliphatic carbocycles. The third-order valence-electron chi connectivity index (χ3n) is 2.24. The van der Waals surface area contributed by atoms with Crippen LogP contribution in [0.5, 0.6) is 0 Å². The maximum Gasteiger partial charge on any atom is 0.132 e. The van der Waals surface area contributed by atoms with Crippen LogP contribution in [0.3, 0.4) is 0 Å². The van der Waals surface area contributed by atoms with Gasteiger partial charge >= 0.3 is 0 Å². The van der Waals surface area contributed by atoms with Crippen LogP contribution in [0.1, 0.15) is 19.4 Å². The fourth-order valence-corrected chi connectivity index (χ4v) is 1.96. The van der Waals surface area contributed by atoms with E-state index in [1.807, 2.05) is 12.3 Å². The van der Waals surface area contributed by atoms with Crippen molar-refractivity contribution in [2.75, 3.05) is 11.4 Å². The number of nitrogens with zero attached hydrogens (tertiary/aromatic N) is 2. The van der Waals surface area contributed by atoms with Crippen LogP contribution in [0.15, 0.2) is 29.4 Å². The van der Waals surface area contributed by atoms with E-state index in [2.05, 4.69) is 59.2 Å². The van der Waals surface area contributed by atoms with E-state index in [-0.39, 0.29) is 0 Å². The van der Waals surface area contributed by atoms with Crippen molar-refractivity contribution in [1.82, 2.24) is 4.98 Å². The fraction of sp³-hybridized carbons (Fsp3) is 0.417. The van der Waals surface area contributed by atoms with Gasteiger partial charge in [0.25, 0.3) is 0 Å². The summed E-state index contributed by atoms with van der Waals surface area (Å²) >= 11 is 3.42. The second-order valence-corrected chi connectivity index (χ2v) is 4.74. The molecule has 3 heteroatoms. The fourth-order valence-electron chi connectivity index (χ4n) is 1.51. The summed E-state index contributed by atoms with van der Waals surface area (Å²) < 4.78 is 1.02. The number of anilines is 1. The third kappa shape index (κ3) is 3.06. The molecule has 0 aliphatic heterocycles. The molecule has 0 amide bonds. The number of halogens is 1. The molecule has 2 nitrogen and oxygen atoms in total. The number of rotatable bonds is 4. The second-order valence-electron chi connectivity index (χ2n) is 3.83. The predicted octanol–water partition coefficient (Wildman–Crippen LogP) is 3.55. The molecule has 1 heterocycles. The van der Waals surface area contributed by atoms with Gasteiger partial charge in [0.05, 0.1) is 0 Å². The van der Waals surface area contributed by atoms with Crippen molar-refractivity contribution in [3.05, 3.63) is 35.0 Å². The average Bonchev–Trinajstić information content (AvgIpc) is 2.15. The molecule has 0 unspecified atom stereocenters. The first-order chi connectivity index (χ1) is 7.06. The molecule has 82 valence electrons. The van der Waals surface area contributed by atoms with Gasteiger partial charge in [0.1, 0.15) is 5.82 Å². The quantitative estimate of drug-likeness (QED) is 0.777. The summed E-state index contributed by atoms with van der Waals surface area (Å²) in [6.07, 6.45) is 3.74. The van der Waals surface area contributed by atoms with Gasteiger partial charge in [-0.15, -0.1) is 6.58 Å². The van der Waals surface area contributed by atoms with Gasteiger partial charge in [-0.2, -0.15) is 0 Å². The molecule has 0 spiro atoms. The van der Waals surface area contributed by atoms with Gasteiger partial charge in [-0.3, -0.25) is 0 Å². The Balaban J connectivity index is 3.05. The number of hydrogen-bond donors (Lipinski definition) is 0. The van der Waals surface area contributed by atoms with Crippen LogP contribution in [0.2, 0.25) is 0 Å². The molecule has 0 aliphatic rings. The van der Waals surface area contributed by atoms with Crippen molar-refractivity contribution >= 4 is 21.7 Å². The number of aromatic nitrogens is 1. The molecule has 0 saturated heterocycles. The molecule has 1 aromatic heterocycles. The minimum Gasteiger partial charge on any atom is -0.350 e. The molecular weight excluding hydrogens is 252 g/mol. The van der Waals surface area contributed by atoms with Crippen LogP contribution >= 0.6 is 15.9 Å². The van der Waals surface area contributed by atoms with Crippen molar-refractivity contribution in [1.29, 1.82) is 0 Å².